The minimum absolute atomic E-state index is 0. The van der Waals surface area contributed by atoms with Gasteiger partial charge in [-0.25, -0.2) is 0 Å². The molecule has 0 aromatic carbocycles. The van der Waals surface area contributed by atoms with Crippen LogP contribution in [0.15, 0.2) is 12.2 Å². The van der Waals surface area contributed by atoms with E-state index < -0.39 is 0 Å². The number of rotatable bonds is 0. The van der Waals surface area contributed by atoms with Crippen molar-refractivity contribution in [2.24, 2.45) is 0 Å². The fourth-order valence-corrected chi connectivity index (χ4v) is 0.652. The molecular weight excluding hydrogens is 161 g/mol. The molecule has 0 heterocycles. The standard InChI is InChI=1S/C6H9.Y/c1-6-4-2-3-5-6;/h2-3H,4-5H2,1H3;/q-1;+3. The minimum atomic E-state index is 0. The molecule has 0 saturated carbocycles. The molecule has 0 amide bonds. The average molecular weight is 170 g/mol. The Labute approximate surface area is 70.3 Å². The Balaban J connectivity index is 0.000000360. The topological polar surface area (TPSA) is 0 Å². The second-order valence-corrected chi connectivity index (χ2v) is 1.84. The summed E-state index contributed by atoms with van der Waals surface area (Å²) in [7, 11) is 0. The van der Waals surface area contributed by atoms with Crippen molar-refractivity contribution in [1.29, 1.82) is 0 Å². The summed E-state index contributed by atoms with van der Waals surface area (Å²) in [5.41, 5.74) is 0. The van der Waals surface area contributed by atoms with E-state index in [1.807, 2.05) is 0 Å². The normalized spacial score (nSPS) is 19.6. The zero-order valence-electron chi connectivity index (χ0n) is 4.65. The van der Waals surface area contributed by atoms with Crippen LogP contribution >= 0.6 is 0 Å². The Hall–Kier alpha value is 0.844. The predicted molar refractivity (Wildman–Crippen MR) is 27.3 cm³/mol. The van der Waals surface area contributed by atoms with Crippen molar-refractivity contribution in [2.45, 2.75) is 19.8 Å². The molecule has 0 bridgehead atoms. The molecule has 1 heteroatoms. The Morgan fingerprint density at radius 1 is 1.29 bits per heavy atom. The van der Waals surface area contributed by atoms with Crippen molar-refractivity contribution in [3.63, 3.8) is 0 Å². The fraction of sp³-hybridized carbons (Fsp3) is 0.500. The van der Waals surface area contributed by atoms with Crippen molar-refractivity contribution in [3.8, 4) is 0 Å². The third-order valence-electron chi connectivity index (χ3n) is 1.10. The van der Waals surface area contributed by atoms with Gasteiger partial charge in [0.2, 0.25) is 0 Å². The van der Waals surface area contributed by atoms with Gasteiger partial charge in [-0.1, -0.05) is 0 Å². The summed E-state index contributed by atoms with van der Waals surface area (Å²) >= 11 is 0. The third-order valence-corrected chi connectivity index (χ3v) is 1.10. The van der Waals surface area contributed by atoms with E-state index in [0.29, 0.717) is 0 Å². The summed E-state index contributed by atoms with van der Waals surface area (Å²) < 4.78 is 0. The number of allylic oxidation sites excluding steroid dienone is 2. The van der Waals surface area contributed by atoms with Gasteiger partial charge in [0.05, 0.1) is 0 Å². The molecule has 0 unspecified atom stereocenters. The monoisotopic (exact) mass is 170 g/mol. The molecule has 0 spiro atoms. The first-order chi connectivity index (χ1) is 2.89. The van der Waals surface area contributed by atoms with Gasteiger partial charge in [0.25, 0.3) is 0 Å². The van der Waals surface area contributed by atoms with Crippen molar-refractivity contribution in [1.82, 2.24) is 0 Å². The van der Waals surface area contributed by atoms with Crippen LogP contribution in [-0.2, 0) is 32.7 Å². The summed E-state index contributed by atoms with van der Waals surface area (Å²) in [6, 6.07) is 0. The van der Waals surface area contributed by atoms with Crippen molar-refractivity contribution < 1.29 is 32.7 Å². The number of hydrogen-bond acceptors (Lipinski definition) is 0. The summed E-state index contributed by atoms with van der Waals surface area (Å²) in [6.45, 7) is 2.19. The quantitative estimate of drug-likeness (QED) is 0.385. The second-order valence-electron chi connectivity index (χ2n) is 1.84. The van der Waals surface area contributed by atoms with Crippen LogP contribution in [0.1, 0.15) is 19.8 Å². The smallest absolute Gasteiger partial charge is 0.309 e. The fourth-order valence-electron chi connectivity index (χ4n) is 0.652. The molecule has 1 aliphatic rings. The van der Waals surface area contributed by atoms with Crippen LogP contribution < -0.4 is 0 Å². The molecular formula is C6H9Y+2. The Kier molecular flexibility index (Phi) is 4.26. The first kappa shape index (κ1) is 7.84. The van der Waals surface area contributed by atoms with Gasteiger partial charge < -0.3 is 5.92 Å². The summed E-state index contributed by atoms with van der Waals surface area (Å²) in [6.07, 6.45) is 6.88. The van der Waals surface area contributed by atoms with E-state index >= 15 is 0 Å². The Morgan fingerprint density at radius 3 is 1.86 bits per heavy atom. The van der Waals surface area contributed by atoms with E-state index in [0.717, 1.165) is 0 Å². The molecule has 0 aliphatic heterocycles. The minimum Gasteiger partial charge on any atom is -0.309 e. The maximum absolute atomic E-state index is 2.22. The molecule has 0 aromatic heterocycles. The molecule has 0 fully saturated rings. The molecule has 0 radical (unpaired) electrons. The van der Waals surface area contributed by atoms with Gasteiger partial charge in [0, 0.05) is 0 Å². The molecule has 7 heavy (non-hydrogen) atoms. The first-order valence-corrected chi connectivity index (χ1v) is 2.36. The SMILES string of the molecule is C[C-]1CC=CC1.[Y+3]. The van der Waals surface area contributed by atoms with E-state index in [9.17, 15) is 0 Å². The van der Waals surface area contributed by atoms with Crippen LogP contribution in [0.2, 0.25) is 0 Å². The van der Waals surface area contributed by atoms with E-state index in [4.69, 9.17) is 0 Å². The maximum atomic E-state index is 2.22. The van der Waals surface area contributed by atoms with Crippen LogP contribution in [0.3, 0.4) is 0 Å². The van der Waals surface area contributed by atoms with Crippen molar-refractivity contribution in [2.75, 3.05) is 0 Å². The van der Waals surface area contributed by atoms with E-state index in [1.165, 1.54) is 12.8 Å². The van der Waals surface area contributed by atoms with Gasteiger partial charge in [0.1, 0.15) is 0 Å². The van der Waals surface area contributed by atoms with Crippen molar-refractivity contribution >= 4 is 0 Å². The summed E-state index contributed by atoms with van der Waals surface area (Å²) in [5, 5.41) is 0. The zero-order chi connectivity index (χ0) is 4.41. The summed E-state index contributed by atoms with van der Waals surface area (Å²) in [4.78, 5) is 0. The maximum Gasteiger partial charge on any atom is 3.00 e. The van der Waals surface area contributed by atoms with Crippen LogP contribution in [-0.4, -0.2) is 0 Å². The molecule has 0 atom stereocenters. The molecule has 0 aromatic rings. The average Bonchev–Trinajstić information content (AvgIpc) is 1.86. The van der Waals surface area contributed by atoms with Crippen LogP contribution in [0.5, 0.6) is 0 Å². The first-order valence-electron chi connectivity index (χ1n) is 2.36. The van der Waals surface area contributed by atoms with E-state index in [1.54, 1.807) is 5.92 Å². The molecule has 0 nitrogen and oxygen atoms in total. The van der Waals surface area contributed by atoms with E-state index in [2.05, 4.69) is 19.1 Å². The van der Waals surface area contributed by atoms with Gasteiger partial charge in [0.15, 0.2) is 0 Å². The number of hydrogen-bond donors (Lipinski definition) is 0. The predicted octanol–water partition coefficient (Wildman–Crippen LogP) is 1.93. The third kappa shape index (κ3) is 2.61. The summed E-state index contributed by atoms with van der Waals surface area (Å²) in [5.74, 6) is 1.59. The van der Waals surface area contributed by atoms with Gasteiger partial charge in [-0.05, 0) is 0 Å². The van der Waals surface area contributed by atoms with Gasteiger partial charge in [-0.2, -0.15) is 19.8 Å². The molecule has 1 rings (SSSR count). The Morgan fingerprint density at radius 2 is 1.71 bits per heavy atom. The second kappa shape index (κ2) is 3.80. The van der Waals surface area contributed by atoms with Crippen molar-refractivity contribution in [3.05, 3.63) is 18.1 Å². The van der Waals surface area contributed by atoms with Gasteiger partial charge >= 0.3 is 32.7 Å². The molecule has 0 saturated heterocycles. The van der Waals surface area contributed by atoms with Gasteiger partial charge in [-0.3, -0.25) is 0 Å². The van der Waals surface area contributed by atoms with E-state index in [-0.39, 0.29) is 32.7 Å². The molecule has 0 N–H and O–H groups in total. The largest absolute Gasteiger partial charge is 3.00 e. The van der Waals surface area contributed by atoms with Gasteiger partial charge in [-0.15, -0.1) is 12.2 Å². The molecule has 34 valence electrons. The zero-order valence-corrected chi connectivity index (χ0v) is 7.48. The van der Waals surface area contributed by atoms with Crippen LogP contribution in [0.25, 0.3) is 0 Å². The van der Waals surface area contributed by atoms with Crippen LogP contribution in [0, 0.1) is 5.92 Å². The molecule has 1 aliphatic carbocycles. The Bertz CT molecular complexity index is 58.6. The van der Waals surface area contributed by atoms with Crippen LogP contribution in [0.4, 0.5) is 0 Å².